The Hall–Kier alpha value is -1.14. The van der Waals surface area contributed by atoms with E-state index in [1.165, 1.54) is 23.9 Å². The van der Waals surface area contributed by atoms with Gasteiger partial charge in [-0.05, 0) is 6.07 Å². The highest BCUT2D eigenvalue weighted by Crippen LogP contribution is 2.24. The van der Waals surface area contributed by atoms with Gasteiger partial charge in [0.05, 0.1) is 11.0 Å². The molecule has 0 radical (unpaired) electrons. The molecule has 0 aromatic heterocycles. The first kappa shape index (κ1) is 10.9. The standard InChI is InChI=1S/C8H9FN2O2S/c9-7-5-6(11(12)13)1-2-8(7)14-4-3-10/h1-2,5H,3-4,10H2. The van der Waals surface area contributed by atoms with Crippen LogP contribution in [-0.2, 0) is 0 Å². The zero-order chi connectivity index (χ0) is 10.6. The van der Waals surface area contributed by atoms with Crippen LogP contribution in [0.15, 0.2) is 23.1 Å². The Balaban J connectivity index is 2.84. The molecule has 0 aliphatic carbocycles. The van der Waals surface area contributed by atoms with Crippen molar-refractivity contribution in [2.75, 3.05) is 12.3 Å². The van der Waals surface area contributed by atoms with E-state index in [0.29, 0.717) is 17.2 Å². The van der Waals surface area contributed by atoms with Gasteiger partial charge in [0.2, 0.25) is 0 Å². The molecular weight excluding hydrogens is 207 g/mol. The number of rotatable bonds is 4. The number of nitro benzene ring substituents is 1. The van der Waals surface area contributed by atoms with Crippen molar-refractivity contribution in [1.29, 1.82) is 0 Å². The normalized spacial score (nSPS) is 10.1. The Bertz CT molecular complexity index is 346. The van der Waals surface area contributed by atoms with Crippen LogP contribution >= 0.6 is 11.8 Å². The molecule has 0 aliphatic rings. The van der Waals surface area contributed by atoms with E-state index >= 15 is 0 Å². The van der Waals surface area contributed by atoms with E-state index in [0.717, 1.165) is 6.07 Å². The van der Waals surface area contributed by atoms with Gasteiger partial charge in [-0.25, -0.2) is 4.39 Å². The lowest BCUT2D eigenvalue weighted by atomic mass is 10.3. The van der Waals surface area contributed by atoms with Gasteiger partial charge in [0.1, 0.15) is 5.82 Å². The minimum absolute atomic E-state index is 0.236. The van der Waals surface area contributed by atoms with Crippen LogP contribution in [0.4, 0.5) is 10.1 Å². The number of nitrogens with two attached hydrogens (primary N) is 1. The molecule has 0 bridgehead atoms. The van der Waals surface area contributed by atoms with Gasteiger partial charge in [-0.2, -0.15) is 0 Å². The third-order valence-electron chi connectivity index (χ3n) is 1.50. The summed E-state index contributed by atoms with van der Waals surface area (Å²) in [6, 6.07) is 3.59. The van der Waals surface area contributed by atoms with E-state index in [4.69, 9.17) is 5.73 Å². The fourth-order valence-corrected chi connectivity index (χ4v) is 1.59. The highest BCUT2D eigenvalue weighted by molar-refractivity contribution is 7.99. The Morgan fingerprint density at radius 3 is 2.79 bits per heavy atom. The van der Waals surface area contributed by atoms with Crippen LogP contribution in [0.25, 0.3) is 0 Å². The summed E-state index contributed by atoms with van der Waals surface area (Å²) in [5, 5.41) is 10.3. The van der Waals surface area contributed by atoms with E-state index in [1.54, 1.807) is 0 Å². The van der Waals surface area contributed by atoms with Crippen molar-refractivity contribution in [2.24, 2.45) is 5.73 Å². The minimum atomic E-state index is -0.625. The molecule has 0 aliphatic heterocycles. The molecule has 76 valence electrons. The van der Waals surface area contributed by atoms with Crippen LogP contribution in [0, 0.1) is 15.9 Å². The van der Waals surface area contributed by atoms with Gasteiger partial charge in [0.25, 0.3) is 5.69 Å². The lowest BCUT2D eigenvalue weighted by Gasteiger charge is -2.00. The Labute approximate surface area is 84.4 Å². The molecule has 1 aromatic rings. The molecule has 0 atom stereocenters. The van der Waals surface area contributed by atoms with E-state index in [9.17, 15) is 14.5 Å². The zero-order valence-electron chi connectivity index (χ0n) is 7.27. The number of nitro groups is 1. The van der Waals surface area contributed by atoms with E-state index < -0.39 is 10.7 Å². The van der Waals surface area contributed by atoms with Gasteiger partial charge in [0, 0.05) is 23.3 Å². The third kappa shape index (κ3) is 2.68. The molecule has 0 fully saturated rings. The van der Waals surface area contributed by atoms with Crippen LogP contribution in [0.1, 0.15) is 0 Å². The monoisotopic (exact) mass is 216 g/mol. The fourth-order valence-electron chi connectivity index (χ4n) is 0.889. The predicted octanol–water partition coefficient (Wildman–Crippen LogP) is 1.78. The highest BCUT2D eigenvalue weighted by Gasteiger charge is 2.10. The molecule has 1 aromatic carbocycles. The van der Waals surface area contributed by atoms with Crippen molar-refractivity contribution >= 4 is 17.4 Å². The summed E-state index contributed by atoms with van der Waals surface area (Å²) in [5.41, 5.74) is 5.02. The lowest BCUT2D eigenvalue weighted by Crippen LogP contribution is -2.01. The summed E-state index contributed by atoms with van der Waals surface area (Å²) in [6.45, 7) is 0.446. The molecule has 2 N–H and O–H groups in total. The zero-order valence-corrected chi connectivity index (χ0v) is 8.09. The number of non-ortho nitro benzene ring substituents is 1. The molecule has 0 unspecified atom stereocenters. The van der Waals surface area contributed by atoms with Crippen LogP contribution in [0.3, 0.4) is 0 Å². The van der Waals surface area contributed by atoms with Gasteiger partial charge in [-0.3, -0.25) is 10.1 Å². The van der Waals surface area contributed by atoms with E-state index in [-0.39, 0.29) is 5.69 Å². The van der Waals surface area contributed by atoms with Crippen LogP contribution in [-0.4, -0.2) is 17.2 Å². The second kappa shape index (κ2) is 4.92. The maximum absolute atomic E-state index is 13.2. The number of hydrogen-bond donors (Lipinski definition) is 1. The average molecular weight is 216 g/mol. The maximum Gasteiger partial charge on any atom is 0.272 e. The quantitative estimate of drug-likeness (QED) is 0.473. The first-order valence-corrected chi connectivity index (χ1v) is 4.90. The minimum Gasteiger partial charge on any atom is -0.330 e. The predicted molar refractivity (Wildman–Crippen MR) is 52.8 cm³/mol. The van der Waals surface area contributed by atoms with Crippen molar-refractivity contribution in [3.8, 4) is 0 Å². The summed E-state index contributed by atoms with van der Waals surface area (Å²) < 4.78 is 13.2. The van der Waals surface area contributed by atoms with Crippen molar-refractivity contribution in [3.05, 3.63) is 34.1 Å². The SMILES string of the molecule is NCCSc1ccc([N+](=O)[O-])cc1F. The van der Waals surface area contributed by atoms with Gasteiger partial charge < -0.3 is 5.73 Å². The number of halogens is 1. The largest absolute Gasteiger partial charge is 0.330 e. The number of nitrogens with zero attached hydrogens (tertiary/aromatic N) is 1. The van der Waals surface area contributed by atoms with E-state index in [2.05, 4.69) is 0 Å². The Morgan fingerprint density at radius 1 is 1.57 bits per heavy atom. The Kier molecular flexibility index (Phi) is 3.84. The molecule has 0 amide bonds. The second-order valence-corrected chi connectivity index (χ2v) is 3.65. The summed E-state index contributed by atoms with van der Waals surface area (Å²) >= 11 is 1.24. The molecule has 1 rings (SSSR count). The van der Waals surface area contributed by atoms with Gasteiger partial charge in [-0.1, -0.05) is 0 Å². The summed E-state index contributed by atoms with van der Waals surface area (Å²) in [6.07, 6.45) is 0. The third-order valence-corrected chi connectivity index (χ3v) is 2.58. The highest BCUT2D eigenvalue weighted by atomic mass is 32.2. The molecule has 0 saturated heterocycles. The van der Waals surface area contributed by atoms with Crippen LogP contribution < -0.4 is 5.73 Å². The van der Waals surface area contributed by atoms with E-state index in [1.807, 2.05) is 0 Å². The number of thioether (sulfide) groups is 1. The van der Waals surface area contributed by atoms with Crippen molar-refractivity contribution in [3.63, 3.8) is 0 Å². The smallest absolute Gasteiger partial charge is 0.272 e. The van der Waals surface area contributed by atoms with Crippen molar-refractivity contribution in [1.82, 2.24) is 0 Å². The molecule has 0 saturated carbocycles. The lowest BCUT2D eigenvalue weighted by molar-refractivity contribution is -0.385. The molecule has 4 nitrogen and oxygen atoms in total. The van der Waals surface area contributed by atoms with Gasteiger partial charge >= 0.3 is 0 Å². The average Bonchev–Trinajstić information content (AvgIpc) is 2.15. The molecule has 0 spiro atoms. The Morgan fingerprint density at radius 2 is 2.29 bits per heavy atom. The number of hydrogen-bond acceptors (Lipinski definition) is 4. The summed E-state index contributed by atoms with van der Waals surface area (Å²) in [5.74, 6) is 0.0204. The van der Waals surface area contributed by atoms with Gasteiger partial charge in [-0.15, -0.1) is 11.8 Å². The first-order chi connectivity index (χ1) is 6.65. The molecule has 6 heteroatoms. The first-order valence-electron chi connectivity index (χ1n) is 3.92. The maximum atomic E-state index is 13.2. The number of benzene rings is 1. The summed E-state index contributed by atoms with van der Waals surface area (Å²) in [7, 11) is 0. The summed E-state index contributed by atoms with van der Waals surface area (Å²) in [4.78, 5) is 10.1. The molecule has 0 heterocycles. The van der Waals surface area contributed by atoms with Gasteiger partial charge in [0.15, 0.2) is 0 Å². The fraction of sp³-hybridized carbons (Fsp3) is 0.250. The second-order valence-electron chi connectivity index (χ2n) is 2.51. The molecular formula is C8H9FN2O2S. The molecule has 14 heavy (non-hydrogen) atoms. The van der Waals surface area contributed by atoms with Crippen molar-refractivity contribution < 1.29 is 9.31 Å². The van der Waals surface area contributed by atoms with Crippen LogP contribution in [0.2, 0.25) is 0 Å². The topological polar surface area (TPSA) is 69.2 Å². The van der Waals surface area contributed by atoms with Crippen LogP contribution in [0.5, 0.6) is 0 Å². The van der Waals surface area contributed by atoms with Crippen molar-refractivity contribution in [2.45, 2.75) is 4.90 Å².